The molecule has 0 saturated carbocycles. The van der Waals surface area contributed by atoms with Crippen LogP contribution in [0.4, 0.5) is 5.69 Å². The number of aromatic nitrogens is 1. The first-order chi connectivity index (χ1) is 21.2. The van der Waals surface area contributed by atoms with Crippen LogP contribution in [0.5, 0.6) is 5.75 Å². The molecule has 2 heterocycles. The van der Waals surface area contributed by atoms with E-state index in [9.17, 15) is 24.0 Å². The minimum absolute atomic E-state index is 0.0239. The molecule has 3 rings (SSSR count). The van der Waals surface area contributed by atoms with E-state index in [0.717, 1.165) is 10.6 Å². The summed E-state index contributed by atoms with van der Waals surface area (Å²) in [6, 6.07) is 4.38. The number of nitrogens with zero attached hydrogens (tertiary/aromatic N) is 2. The third-order valence-electron chi connectivity index (χ3n) is 7.46. The van der Waals surface area contributed by atoms with Gasteiger partial charge in [-0.05, 0) is 50.2 Å². The van der Waals surface area contributed by atoms with Gasteiger partial charge >= 0.3 is 0 Å². The number of hydrogen-bond acceptors (Lipinski definition) is 9. The summed E-state index contributed by atoms with van der Waals surface area (Å²) in [4.78, 5) is 72.7. The number of amides is 4. The number of ketones is 1. The molecule has 0 bridgehead atoms. The standard InChI is InChI=1S/C32H46N6O6S/c1-18(2)13-25(30(42)35-24(14-21-11-12-33-29(21)41)28(40)32-34-16-20(5)45-32)36-31(43)27(19(3)4)37-26(39)17-44-23-10-8-9-22(15-23)38(6)7/h8-10,15-16,18-19,21,24-25,27H,11-14,17H2,1-7H3,(H,33,41)(H,35,42)(H,36,43)(H,37,39)/t21-,24-,25-,27-/m1/s1. The third kappa shape index (κ3) is 10.5. The molecule has 1 aromatic heterocycles. The zero-order chi connectivity index (χ0) is 33.3. The second-order valence-corrected chi connectivity index (χ2v) is 13.6. The highest BCUT2D eigenvalue weighted by Crippen LogP contribution is 2.22. The average Bonchev–Trinajstić information content (AvgIpc) is 3.60. The Hall–Kier alpha value is -4.00. The molecule has 4 N–H and O–H groups in total. The number of carbonyl (C=O) groups excluding carboxylic acids is 5. The topological polar surface area (TPSA) is 159 Å². The highest BCUT2D eigenvalue weighted by atomic mass is 32.1. The van der Waals surface area contributed by atoms with Gasteiger partial charge in [0.05, 0.1) is 6.04 Å². The first-order valence-electron chi connectivity index (χ1n) is 15.3. The molecule has 1 aliphatic rings. The highest BCUT2D eigenvalue weighted by molar-refractivity contribution is 7.13. The van der Waals surface area contributed by atoms with Crippen LogP contribution in [-0.2, 0) is 19.2 Å². The maximum absolute atomic E-state index is 13.7. The minimum Gasteiger partial charge on any atom is -0.484 e. The van der Waals surface area contributed by atoms with E-state index < -0.39 is 41.8 Å². The lowest BCUT2D eigenvalue weighted by Gasteiger charge is -2.27. The van der Waals surface area contributed by atoms with Crippen molar-refractivity contribution in [1.82, 2.24) is 26.3 Å². The van der Waals surface area contributed by atoms with Gasteiger partial charge in [-0.3, -0.25) is 24.0 Å². The van der Waals surface area contributed by atoms with Crippen molar-refractivity contribution < 1.29 is 28.7 Å². The van der Waals surface area contributed by atoms with Gasteiger partial charge in [0.2, 0.25) is 23.5 Å². The lowest BCUT2D eigenvalue weighted by molar-refractivity contribution is -0.134. The Morgan fingerprint density at radius 3 is 2.36 bits per heavy atom. The Kier molecular flexibility index (Phi) is 12.9. The summed E-state index contributed by atoms with van der Waals surface area (Å²) in [7, 11) is 3.80. The molecule has 1 fully saturated rings. The van der Waals surface area contributed by atoms with Crippen LogP contribution in [0, 0.1) is 24.7 Å². The van der Waals surface area contributed by atoms with Crippen molar-refractivity contribution in [3.05, 3.63) is 40.3 Å². The van der Waals surface area contributed by atoms with Crippen molar-refractivity contribution in [2.45, 2.75) is 72.0 Å². The number of anilines is 1. The zero-order valence-electron chi connectivity index (χ0n) is 27.1. The Bertz CT molecular complexity index is 1360. The van der Waals surface area contributed by atoms with Gasteiger partial charge in [0, 0.05) is 49.4 Å². The third-order valence-corrected chi connectivity index (χ3v) is 8.39. The fraction of sp³-hybridized carbons (Fsp3) is 0.562. The number of rotatable bonds is 16. The summed E-state index contributed by atoms with van der Waals surface area (Å²) in [5.41, 5.74) is 0.916. The molecule has 0 radical (unpaired) electrons. The summed E-state index contributed by atoms with van der Waals surface area (Å²) < 4.78 is 5.66. The molecular weight excluding hydrogens is 596 g/mol. The van der Waals surface area contributed by atoms with Gasteiger partial charge in [0.15, 0.2) is 11.6 Å². The molecule has 1 aliphatic heterocycles. The second kappa shape index (κ2) is 16.4. The molecule has 2 aromatic rings. The number of carbonyl (C=O) groups is 5. The van der Waals surface area contributed by atoms with Crippen LogP contribution < -0.4 is 30.9 Å². The number of Topliss-reactive ketones (excluding diaryl/α,β-unsaturated/α-hetero) is 1. The normalized spacial score (nSPS) is 16.5. The van der Waals surface area contributed by atoms with E-state index in [2.05, 4.69) is 26.3 Å². The number of hydrogen-bond donors (Lipinski definition) is 4. The quantitative estimate of drug-likeness (QED) is 0.203. The minimum atomic E-state index is -0.993. The number of ether oxygens (including phenoxy) is 1. The molecule has 246 valence electrons. The predicted octanol–water partition coefficient (Wildman–Crippen LogP) is 2.46. The van der Waals surface area contributed by atoms with Crippen molar-refractivity contribution >= 4 is 46.4 Å². The molecule has 4 amide bonds. The summed E-state index contributed by atoms with van der Waals surface area (Å²) in [6.45, 7) is 9.47. The molecule has 0 unspecified atom stereocenters. The predicted molar refractivity (Wildman–Crippen MR) is 173 cm³/mol. The first-order valence-corrected chi connectivity index (χ1v) is 16.1. The van der Waals surface area contributed by atoms with Gasteiger partial charge in [0.1, 0.15) is 17.8 Å². The molecule has 0 spiro atoms. The smallest absolute Gasteiger partial charge is 0.258 e. The van der Waals surface area contributed by atoms with Gasteiger partial charge in [-0.25, -0.2) is 4.98 Å². The van der Waals surface area contributed by atoms with Crippen LogP contribution in [0.25, 0.3) is 0 Å². The number of aryl methyl sites for hydroxylation is 1. The van der Waals surface area contributed by atoms with Crippen LogP contribution in [0.1, 0.15) is 61.6 Å². The van der Waals surface area contributed by atoms with Crippen LogP contribution in [0.3, 0.4) is 0 Å². The van der Waals surface area contributed by atoms with Crippen molar-refractivity contribution in [3.63, 3.8) is 0 Å². The van der Waals surface area contributed by atoms with Crippen molar-refractivity contribution in [3.8, 4) is 5.75 Å². The molecule has 4 atom stereocenters. The summed E-state index contributed by atoms with van der Waals surface area (Å²) in [5.74, 6) is -2.26. The Balaban J connectivity index is 1.70. The summed E-state index contributed by atoms with van der Waals surface area (Å²) >= 11 is 1.22. The lowest BCUT2D eigenvalue weighted by Crippen LogP contribution is -2.57. The van der Waals surface area contributed by atoms with Crippen LogP contribution in [-0.4, -0.2) is 79.8 Å². The number of benzene rings is 1. The van der Waals surface area contributed by atoms with E-state index in [0.29, 0.717) is 25.1 Å². The van der Waals surface area contributed by atoms with Gasteiger partial charge in [-0.15, -0.1) is 11.3 Å². The van der Waals surface area contributed by atoms with Gasteiger partial charge in [-0.2, -0.15) is 0 Å². The van der Waals surface area contributed by atoms with E-state index >= 15 is 0 Å². The fourth-order valence-corrected chi connectivity index (χ4v) is 5.75. The largest absolute Gasteiger partial charge is 0.484 e. The average molecular weight is 643 g/mol. The van der Waals surface area contributed by atoms with E-state index in [1.807, 2.05) is 58.0 Å². The molecule has 1 aromatic carbocycles. The molecule has 13 heteroatoms. The Morgan fingerprint density at radius 2 is 1.78 bits per heavy atom. The fourth-order valence-electron chi connectivity index (χ4n) is 4.99. The number of thiazole rings is 1. The molecule has 45 heavy (non-hydrogen) atoms. The molecular formula is C32H46N6O6S. The second-order valence-electron chi connectivity index (χ2n) is 12.4. The van der Waals surface area contributed by atoms with Crippen molar-refractivity contribution in [2.24, 2.45) is 17.8 Å². The molecule has 0 aliphatic carbocycles. The van der Waals surface area contributed by atoms with E-state index in [1.54, 1.807) is 26.1 Å². The Labute approximate surface area is 269 Å². The van der Waals surface area contributed by atoms with Crippen LogP contribution in [0.15, 0.2) is 30.5 Å². The molecule has 1 saturated heterocycles. The SMILES string of the molecule is Cc1cnc(C(=O)[C@@H](C[C@H]2CCNC2=O)NC(=O)[C@@H](CC(C)C)NC(=O)[C@H](NC(=O)COc2cccc(N(C)C)c2)C(C)C)s1. The van der Waals surface area contributed by atoms with Gasteiger partial charge in [0.25, 0.3) is 5.91 Å². The van der Waals surface area contributed by atoms with Gasteiger partial charge in [-0.1, -0.05) is 33.8 Å². The first kappa shape index (κ1) is 35.5. The zero-order valence-corrected chi connectivity index (χ0v) is 28.0. The van der Waals surface area contributed by atoms with Crippen molar-refractivity contribution in [1.29, 1.82) is 0 Å². The van der Waals surface area contributed by atoms with Crippen molar-refractivity contribution in [2.75, 3.05) is 32.1 Å². The monoisotopic (exact) mass is 642 g/mol. The maximum atomic E-state index is 13.7. The number of nitrogens with one attached hydrogen (secondary N) is 4. The van der Waals surface area contributed by atoms with Crippen LogP contribution >= 0.6 is 11.3 Å². The summed E-state index contributed by atoms with van der Waals surface area (Å²) in [6.07, 6.45) is 2.57. The van der Waals surface area contributed by atoms with E-state index in [1.165, 1.54) is 11.3 Å². The van der Waals surface area contributed by atoms with E-state index in [4.69, 9.17) is 4.74 Å². The van der Waals surface area contributed by atoms with Crippen LogP contribution in [0.2, 0.25) is 0 Å². The molecule has 12 nitrogen and oxygen atoms in total. The summed E-state index contributed by atoms with van der Waals surface area (Å²) in [5, 5.41) is 11.4. The lowest BCUT2D eigenvalue weighted by atomic mass is 9.95. The Morgan fingerprint density at radius 1 is 1.07 bits per heavy atom. The van der Waals surface area contributed by atoms with Gasteiger partial charge < -0.3 is 30.9 Å². The van der Waals surface area contributed by atoms with E-state index in [-0.39, 0.29) is 41.6 Å². The maximum Gasteiger partial charge on any atom is 0.258 e. The highest BCUT2D eigenvalue weighted by Gasteiger charge is 2.35.